The Kier molecular flexibility index (Phi) is 4.68. The lowest BCUT2D eigenvalue weighted by atomic mass is 10.1. The molecule has 0 fully saturated rings. The van der Waals surface area contributed by atoms with Gasteiger partial charge in [-0.2, -0.15) is 0 Å². The molecule has 0 radical (unpaired) electrons. The average molecular weight is 371 g/mol. The van der Waals surface area contributed by atoms with Crippen LogP contribution < -0.4 is 5.43 Å². The van der Waals surface area contributed by atoms with E-state index in [1.54, 1.807) is 42.2 Å². The minimum Gasteiger partial charge on any atom is -0.462 e. The number of pyridine rings is 3. The van der Waals surface area contributed by atoms with E-state index in [4.69, 9.17) is 4.74 Å². The van der Waals surface area contributed by atoms with Crippen molar-refractivity contribution in [3.63, 3.8) is 0 Å². The summed E-state index contributed by atoms with van der Waals surface area (Å²) in [7, 11) is 0. The van der Waals surface area contributed by atoms with Gasteiger partial charge in [0.15, 0.2) is 0 Å². The molecule has 4 rings (SSSR count). The summed E-state index contributed by atoms with van der Waals surface area (Å²) in [6, 6.07) is 14.9. The van der Waals surface area contributed by atoms with Gasteiger partial charge in [0.05, 0.1) is 12.0 Å². The largest absolute Gasteiger partial charge is 0.462 e. The fraction of sp³-hybridized carbons (Fsp3) is 0.0909. The van der Waals surface area contributed by atoms with E-state index in [1.807, 2.05) is 36.4 Å². The van der Waals surface area contributed by atoms with Gasteiger partial charge in [-0.1, -0.05) is 18.2 Å². The van der Waals surface area contributed by atoms with Crippen LogP contribution in [0.2, 0.25) is 0 Å². The minimum absolute atomic E-state index is 0.0193. The maximum absolute atomic E-state index is 12.8. The molecule has 6 heteroatoms. The summed E-state index contributed by atoms with van der Waals surface area (Å²) in [5.74, 6) is -0.643. The van der Waals surface area contributed by atoms with Crippen molar-refractivity contribution < 1.29 is 9.53 Å². The van der Waals surface area contributed by atoms with Gasteiger partial charge in [0.1, 0.15) is 11.2 Å². The van der Waals surface area contributed by atoms with Crippen molar-refractivity contribution in [3.8, 4) is 16.8 Å². The van der Waals surface area contributed by atoms with E-state index in [0.717, 1.165) is 16.8 Å². The normalized spacial score (nSPS) is 10.8. The molecule has 0 saturated carbocycles. The standard InChI is InChI=1S/C22H17N3O3/c1-2-28-22(27)19-14-25(21-18(20(19)26)9-5-11-24-21)17-8-3-6-15(12-17)16-7-4-10-23-13-16/h3-14H,2H2,1H3. The van der Waals surface area contributed by atoms with Crippen LogP contribution in [0.15, 0.2) is 78.1 Å². The molecule has 1 aromatic carbocycles. The van der Waals surface area contributed by atoms with Gasteiger partial charge in [-0.05, 0) is 42.8 Å². The first-order valence-corrected chi connectivity index (χ1v) is 8.87. The Bertz CT molecular complexity index is 1220. The molecule has 6 nitrogen and oxygen atoms in total. The number of hydrogen-bond donors (Lipinski definition) is 0. The Labute approximate surface area is 161 Å². The highest BCUT2D eigenvalue weighted by Crippen LogP contribution is 2.23. The van der Waals surface area contributed by atoms with Crippen LogP contribution >= 0.6 is 0 Å². The summed E-state index contributed by atoms with van der Waals surface area (Å²) >= 11 is 0. The highest BCUT2D eigenvalue weighted by atomic mass is 16.5. The van der Waals surface area contributed by atoms with E-state index in [2.05, 4.69) is 9.97 Å². The maximum Gasteiger partial charge on any atom is 0.343 e. The molecule has 0 amide bonds. The van der Waals surface area contributed by atoms with Gasteiger partial charge in [0.25, 0.3) is 0 Å². The molecule has 0 N–H and O–H groups in total. The number of rotatable bonds is 4. The van der Waals surface area contributed by atoms with Crippen LogP contribution in [0.5, 0.6) is 0 Å². The summed E-state index contributed by atoms with van der Waals surface area (Å²) in [6.45, 7) is 1.90. The van der Waals surface area contributed by atoms with Crippen molar-refractivity contribution >= 4 is 17.0 Å². The molecule has 3 heterocycles. The molecule has 3 aromatic heterocycles. The number of aromatic nitrogens is 3. The molecule has 138 valence electrons. The van der Waals surface area contributed by atoms with Crippen LogP contribution in [-0.4, -0.2) is 27.1 Å². The predicted octanol–water partition coefficient (Wildman–Crippen LogP) is 3.62. The van der Waals surface area contributed by atoms with Crippen molar-refractivity contribution in [1.29, 1.82) is 0 Å². The number of nitrogens with zero attached hydrogens (tertiary/aromatic N) is 3. The molecule has 0 aliphatic rings. The number of benzene rings is 1. The van der Waals surface area contributed by atoms with Gasteiger partial charge in [-0.25, -0.2) is 9.78 Å². The first kappa shape index (κ1) is 17.6. The zero-order valence-electron chi connectivity index (χ0n) is 15.2. The summed E-state index contributed by atoms with van der Waals surface area (Å²) in [4.78, 5) is 33.6. The maximum atomic E-state index is 12.8. The topological polar surface area (TPSA) is 74.1 Å². The lowest BCUT2D eigenvalue weighted by molar-refractivity contribution is 0.0524. The number of esters is 1. The van der Waals surface area contributed by atoms with Crippen molar-refractivity contribution in [3.05, 3.63) is 89.1 Å². The summed E-state index contributed by atoms with van der Waals surface area (Å²) in [5.41, 5.74) is 2.77. The minimum atomic E-state index is -0.643. The number of carbonyl (C=O) groups is 1. The molecule has 0 unspecified atom stereocenters. The molecule has 0 atom stereocenters. The lowest BCUT2D eigenvalue weighted by Gasteiger charge is -2.13. The van der Waals surface area contributed by atoms with E-state index in [-0.39, 0.29) is 17.6 Å². The first-order valence-electron chi connectivity index (χ1n) is 8.87. The second-order valence-corrected chi connectivity index (χ2v) is 6.13. The third kappa shape index (κ3) is 3.16. The Morgan fingerprint density at radius 3 is 2.68 bits per heavy atom. The Morgan fingerprint density at radius 1 is 1.07 bits per heavy atom. The molecule has 0 aliphatic heterocycles. The molecular weight excluding hydrogens is 354 g/mol. The van der Waals surface area contributed by atoms with Crippen molar-refractivity contribution in [2.45, 2.75) is 6.92 Å². The van der Waals surface area contributed by atoms with E-state index in [1.165, 1.54) is 6.20 Å². The van der Waals surface area contributed by atoms with Gasteiger partial charge < -0.3 is 9.30 Å². The van der Waals surface area contributed by atoms with Crippen LogP contribution in [0.1, 0.15) is 17.3 Å². The SMILES string of the molecule is CCOC(=O)c1cn(-c2cccc(-c3cccnc3)c2)c2ncccc2c1=O. The van der Waals surface area contributed by atoms with Crippen molar-refractivity contribution in [1.82, 2.24) is 14.5 Å². The van der Waals surface area contributed by atoms with E-state index >= 15 is 0 Å². The van der Waals surface area contributed by atoms with E-state index in [9.17, 15) is 9.59 Å². The number of ether oxygens (including phenoxy) is 1. The highest BCUT2D eigenvalue weighted by molar-refractivity contribution is 5.93. The fourth-order valence-corrected chi connectivity index (χ4v) is 3.08. The molecule has 0 saturated heterocycles. The van der Waals surface area contributed by atoms with Gasteiger partial charge in [0.2, 0.25) is 5.43 Å². The van der Waals surface area contributed by atoms with Gasteiger partial charge in [-0.15, -0.1) is 0 Å². The second-order valence-electron chi connectivity index (χ2n) is 6.13. The first-order chi connectivity index (χ1) is 13.7. The van der Waals surface area contributed by atoms with Crippen LogP contribution in [-0.2, 0) is 4.74 Å². The zero-order chi connectivity index (χ0) is 19.5. The smallest absolute Gasteiger partial charge is 0.343 e. The summed E-state index contributed by atoms with van der Waals surface area (Å²) in [5, 5.41) is 0.361. The Hall–Kier alpha value is -3.80. The number of carbonyl (C=O) groups excluding carboxylic acids is 1. The van der Waals surface area contributed by atoms with Gasteiger partial charge in [-0.3, -0.25) is 9.78 Å². The van der Waals surface area contributed by atoms with E-state index in [0.29, 0.717) is 11.0 Å². The molecule has 0 spiro atoms. The lowest BCUT2D eigenvalue weighted by Crippen LogP contribution is -2.21. The summed E-state index contributed by atoms with van der Waals surface area (Å²) < 4.78 is 6.80. The quantitative estimate of drug-likeness (QED) is 0.512. The third-order valence-corrected chi connectivity index (χ3v) is 4.38. The van der Waals surface area contributed by atoms with Crippen LogP contribution in [0.3, 0.4) is 0 Å². The predicted molar refractivity (Wildman–Crippen MR) is 107 cm³/mol. The second kappa shape index (κ2) is 7.44. The summed E-state index contributed by atoms with van der Waals surface area (Å²) in [6.07, 6.45) is 6.62. The molecule has 0 aliphatic carbocycles. The van der Waals surface area contributed by atoms with Crippen LogP contribution in [0, 0.1) is 0 Å². The molecule has 28 heavy (non-hydrogen) atoms. The highest BCUT2D eigenvalue weighted by Gasteiger charge is 2.17. The zero-order valence-corrected chi connectivity index (χ0v) is 15.2. The monoisotopic (exact) mass is 371 g/mol. The fourth-order valence-electron chi connectivity index (χ4n) is 3.08. The third-order valence-electron chi connectivity index (χ3n) is 4.38. The molecule has 4 aromatic rings. The van der Waals surface area contributed by atoms with Gasteiger partial charge in [0, 0.05) is 36.0 Å². The van der Waals surface area contributed by atoms with Crippen molar-refractivity contribution in [2.75, 3.05) is 6.61 Å². The van der Waals surface area contributed by atoms with Crippen molar-refractivity contribution in [2.24, 2.45) is 0 Å². The Balaban J connectivity index is 1.95. The molecular formula is C22H17N3O3. The average Bonchev–Trinajstić information content (AvgIpc) is 2.75. The number of hydrogen-bond acceptors (Lipinski definition) is 5. The van der Waals surface area contributed by atoms with Gasteiger partial charge >= 0.3 is 5.97 Å². The van der Waals surface area contributed by atoms with E-state index < -0.39 is 5.97 Å². The van der Waals surface area contributed by atoms with Crippen LogP contribution in [0.4, 0.5) is 0 Å². The molecule has 0 bridgehead atoms. The Morgan fingerprint density at radius 2 is 1.89 bits per heavy atom. The number of fused-ring (bicyclic) bond motifs is 1. The van der Waals surface area contributed by atoms with Crippen LogP contribution in [0.25, 0.3) is 27.8 Å².